The zero-order valence-corrected chi connectivity index (χ0v) is 13.3. The molecule has 21 heavy (non-hydrogen) atoms. The third-order valence-electron chi connectivity index (χ3n) is 3.60. The minimum atomic E-state index is 0.523. The van der Waals surface area contributed by atoms with Crippen LogP contribution in [0.5, 0.6) is 0 Å². The Bertz CT molecular complexity index is 809. The molecule has 0 atom stereocenters. The molecule has 2 aromatic heterocycles. The molecule has 3 heterocycles. The van der Waals surface area contributed by atoms with Crippen molar-refractivity contribution in [2.75, 3.05) is 11.9 Å². The van der Waals surface area contributed by atoms with Crippen LogP contribution in [0, 0.1) is 0 Å². The van der Waals surface area contributed by atoms with Gasteiger partial charge in [-0.25, -0.2) is 4.68 Å². The summed E-state index contributed by atoms with van der Waals surface area (Å²) < 4.78 is 1.86. The van der Waals surface area contributed by atoms with Crippen molar-refractivity contribution in [1.29, 1.82) is 0 Å². The topological polar surface area (TPSA) is 29.9 Å². The largest absolute Gasteiger partial charge is 0.369 e. The minimum Gasteiger partial charge on any atom is -0.369 e. The Hall–Kier alpha value is -1.49. The SMILES string of the molecule is Clc1cccc(-n2nc(-c3ccsc3)c3c2NCC3)c1Cl. The van der Waals surface area contributed by atoms with Gasteiger partial charge >= 0.3 is 0 Å². The van der Waals surface area contributed by atoms with Crippen LogP contribution in [0.15, 0.2) is 35.0 Å². The molecule has 0 saturated heterocycles. The van der Waals surface area contributed by atoms with Gasteiger partial charge in [-0.2, -0.15) is 16.4 Å². The molecule has 0 saturated carbocycles. The molecule has 0 aliphatic carbocycles. The standard InChI is InChI=1S/C15H11Cl2N3S/c16-11-2-1-3-12(13(11)17)20-15-10(4-6-18-15)14(19-20)9-5-7-21-8-9/h1-3,5,7-8,18H,4,6H2. The molecule has 6 heteroatoms. The van der Waals surface area contributed by atoms with Crippen molar-refractivity contribution in [2.24, 2.45) is 0 Å². The van der Waals surface area contributed by atoms with Gasteiger partial charge in [-0.3, -0.25) is 0 Å². The molecule has 0 fully saturated rings. The zero-order chi connectivity index (χ0) is 14.4. The van der Waals surface area contributed by atoms with Crippen molar-refractivity contribution in [3.8, 4) is 16.9 Å². The smallest absolute Gasteiger partial charge is 0.133 e. The number of fused-ring (bicyclic) bond motifs is 1. The summed E-state index contributed by atoms with van der Waals surface area (Å²) >= 11 is 14.1. The lowest BCUT2D eigenvalue weighted by Crippen LogP contribution is -2.04. The first-order chi connectivity index (χ1) is 10.3. The van der Waals surface area contributed by atoms with Crippen LogP contribution in [-0.2, 0) is 6.42 Å². The Labute approximate surface area is 136 Å². The van der Waals surface area contributed by atoms with Crippen molar-refractivity contribution in [3.63, 3.8) is 0 Å². The predicted molar refractivity (Wildman–Crippen MR) is 89.1 cm³/mol. The van der Waals surface area contributed by atoms with Crippen molar-refractivity contribution >= 4 is 40.4 Å². The fourth-order valence-corrected chi connectivity index (χ4v) is 3.65. The van der Waals surface area contributed by atoms with E-state index in [1.165, 1.54) is 5.56 Å². The van der Waals surface area contributed by atoms with E-state index in [1.807, 2.05) is 16.8 Å². The van der Waals surface area contributed by atoms with Crippen LogP contribution in [0.25, 0.3) is 16.9 Å². The van der Waals surface area contributed by atoms with Crippen LogP contribution in [0.2, 0.25) is 10.0 Å². The highest BCUT2D eigenvalue weighted by atomic mass is 35.5. The van der Waals surface area contributed by atoms with Crippen molar-refractivity contribution in [2.45, 2.75) is 6.42 Å². The molecule has 0 amide bonds. The van der Waals surface area contributed by atoms with Crippen molar-refractivity contribution in [1.82, 2.24) is 9.78 Å². The number of anilines is 1. The first-order valence-electron chi connectivity index (χ1n) is 6.58. The number of aromatic nitrogens is 2. The summed E-state index contributed by atoms with van der Waals surface area (Å²) in [7, 11) is 0. The van der Waals surface area contributed by atoms with Gasteiger partial charge in [0.15, 0.2) is 0 Å². The van der Waals surface area contributed by atoms with Crippen molar-refractivity contribution < 1.29 is 0 Å². The summed E-state index contributed by atoms with van der Waals surface area (Å²) in [6, 6.07) is 7.69. The molecule has 0 spiro atoms. The summed E-state index contributed by atoms with van der Waals surface area (Å²) in [6.07, 6.45) is 0.971. The van der Waals surface area contributed by atoms with Crippen LogP contribution in [0.1, 0.15) is 5.56 Å². The maximum absolute atomic E-state index is 6.35. The van der Waals surface area contributed by atoms with Gasteiger partial charge in [0.25, 0.3) is 0 Å². The quantitative estimate of drug-likeness (QED) is 0.723. The molecule has 0 radical (unpaired) electrons. The second-order valence-electron chi connectivity index (χ2n) is 4.85. The Kier molecular flexibility index (Phi) is 3.17. The molecular formula is C15H11Cl2N3S. The second kappa shape index (κ2) is 5.05. The Morgan fingerprint density at radius 3 is 2.95 bits per heavy atom. The molecular weight excluding hydrogens is 325 g/mol. The van der Waals surface area contributed by atoms with Crippen LogP contribution in [-0.4, -0.2) is 16.3 Å². The van der Waals surface area contributed by atoms with Gasteiger partial charge in [-0.05, 0) is 30.0 Å². The van der Waals surface area contributed by atoms with Crippen LogP contribution in [0.3, 0.4) is 0 Å². The first-order valence-corrected chi connectivity index (χ1v) is 8.28. The van der Waals surface area contributed by atoms with E-state index < -0.39 is 0 Å². The maximum Gasteiger partial charge on any atom is 0.133 e. The number of benzene rings is 1. The fourth-order valence-electron chi connectivity index (χ4n) is 2.64. The summed E-state index contributed by atoms with van der Waals surface area (Å²) in [6.45, 7) is 0.919. The molecule has 1 aliphatic rings. The van der Waals surface area contributed by atoms with Gasteiger partial charge in [0, 0.05) is 23.1 Å². The van der Waals surface area contributed by atoms with Crippen LogP contribution >= 0.6 is 34.5 Å². The number of nitrogens with one attached hydrogen (secondary N) is 1. The molecule has 3 aromatic rings. The van der Waals surface area contributed by atoms with E-state index in [1.54, 1.807) is 17.4 Å². The van der Waals surface area contributed by atoms with Gasteiger partial charge in [0.05, 0.1) is 21.4 Å². The molecule has 106 valence electrons. The Balaban J connectivity index is 1.95. The number of nitrogens with zero attached hydrogens (tertiary/aromatic N) is 2. The maximum atomic E-state index is 6.35. The molecule has 3 nitrogen and oxygen atoms in total. The van der Waals surface area contributed by atoms with Crippen LogP contribution < -0.4 is 5.32 Å². The van der Waals surface area contributed by atoms with E-state index in [2.05, 4.69) is 22.1 Å². The zero-order valence-electron chi connectivity index (χ0n) is 10.9. The number of halogens is 2. The van der Waals surface area contributed by atoms with E-state index >= 15 is 0 Å². The second-order valence-corrected chi connectivity index (χ2v) is 6.41. The number of hydrogen-bond donors (Lipinski definition) is 1. The highest BCUT2D eigenvalue weighted by Gasteiger charge is 2.25. The van der Waals surface area contributed by atoms with Gasteiger partial charge in [0.2, 0.25) is 0 Å². The average molecular weight is 336 g/mol. The lowest BCUT2D eigenvalue weighted by Gasteiger charge is -2.09. The minimum absolute atomic E-state index is 0.523. The van der Waals surface area contributed by atoms with Crippen molar-refractivity contribution in [3.05, 3.63) is 50.6 Å². The number of hydrogen-bond acceptors (Lipinski definition) is 3. The highest BCUT2D eigenvalue weighted by molar-refractivity contribution is 7.08. The molecule has 1 aliphatic heterocycles. The normalized spacial score (nSPS) is 13.2. The lowest BCUT2D eigenvalue weighted by molar-refractivity contribution is 0.883. The van der Waals surface area contributed by atoms with Gasteiger partial charge in [-0.15, -0.1) is 0 Å². The summed E-state index contributed by atoms with van der Waals surface area (Å²) in [5, 5.41) is 13.4. The van der Waals surface area contributed by atoms with Crippen LogP contribution in [0.4, 0.5) is 5.82 Å². The van der Waals surface area contributed by atoms with Gasteiger partial charge in [0.1, 0.15) is 5.82 Å². The molecule has 1 aromatic carbocycles. The Morgan fingerprint density at radius 1 is 1.24 bits per heavy atom. The molecule has 4 rings (SSSR count). The van der Waals surface area contributed by atoms with Gasteiger partial charge in [-0.1, -0.05) is 29.3 Å². The lowest BCUT2D eigenvalue weighted by atomic mass is 10.1. The predicted octanol–water partition coefficient (Wildman–Crippen LogP) is 4.88. The van der Waals surface area contributed by atoms with E-state index in [0.29, 0.717) is 10.0 Å². The number of rotatable bonds is 2. The number of thiophene rings is 1. The third-order valence-corrected chi connectivity index (χ3v) is 5.10. The molecule has 1 N–H and O–H groups in total. The van der Waals surface area contributed by atoms with E-state index in [4.69, 9.17) is 28.3 Å². The van der Waals surface area contributed by atoms with E-state index in [9.17, 15) is 0 Å². The van der Waals surface area contributed by atoms with E-state index in [-0.39, 0.29) is 0 Å². The average Bonchev–Trinajstić information content (AvgIpc) is 3.17. The summed E-state index contributed by atoms with van der Waals surface area (Å²) in [4.78, 5) is 0. The Morgan fingerprint density at radius 2 is 2.14 bits per heavy atom. The molecule has 0 bridgehead atoms. The third kappa shape index (κ3) is 2.06. The summed E-state index contributed by atoms with van der Waals surface area (Å²) in [5.41, 5.74) is 4.21. The van der Waals surface area contributed by atoms with Gasteiger partial charge < -0.3 is 5.32 Å². The summed E-state index contributed by atoms with van der Waals surface area (Å²) in [5.74, 6) is 1.01. The monoisotopic (exact) mass is 335 g/mol. The first kappa shape index (κ1) is 13.2. The molecule has 0 unspecified atom stereocenters. The van der Waals surface area contributed by atoms with E-state index in [0.717, 1.165) is 35.7 Å². The fraction of sp³-hybridized carbons (Fsp3) is 0.133. The highest BCUT2D eigenvalue weighted by Crippen LogP contribution is 2.38.